The Morgan fingerprint density at radius 2 is 1.64 bits per heavy atom. The van der Waals surface area contributed by atoms with Gasteiger partial charge in [-0.3, -0.25) is 19.2 Å². The molecule has 1 rings (SSSR count). The van der Waals surface area contributed by atoms with Crippen molar-refractivity contribution in [3.8, 4) is 0 Å². The molecule has 0 saturated heterocycles. The molecule has 0 amide bonds. The Kier molecular flexibility index (Phi) is 6.46. The Bertz CT molecular complexity index is 447. The van der Waals surface area contributed by atoms with Crippen molar-refractivity contribution in [2.24, 2.45) is 11.3 Å². The quantitative estimate of drug-likeness (QED) is 0.384. The summed E-state index contributed by atoms with van der Waals surface area (Å²) in [5.41, 5.74) is -1.10. The van der Waals surface area contributed by atoms with E-state index in [1.807, 2.05) is 0 Å². The predicted octanol–water partition coefficient (Wildman–Crippen LogP) is 1.61. The smallest absolute Gasteiger partial charge is 0.320 e. The van der Waals surface area contributed by atoms with Crippen molar-refractivity contribution >= 4 is 23.5 Å². The average molecular weight is 310 g/mol. The second-order valence-corrected chi connectivity index (χ2v) is 5.39. The Hall–Kier alpha value is -1.98. The summed E-state index contributed by atoms with van der Waals surface area (Å²) in [6.45, 7) is 3.61. The molecule has 0 aromatic rings. The molecule has 22 heavy (non-hydrogen) atoms. The van der Waals surface area contributed by atoms with Crippen LogP contribution in [-0.2, 0) is 28.7 Å². The van der Waals surface area contributed by atoms with Crippen LogP contribution in [0.4, 0.5) is 0 Å². The van der Waals surface area contributed by atoms with Gasteiger partial charge in [0.05, 0.1) is 19.6 Å². The summed E-state index contributed by atoms with van der Waals surface area (Å²) in [5.74, 6) is -2.79. The normalized spacial score (nSPS) is 16.7. The topological polar surface area (TPSA) is 86.7 Å². The van der Waals surface area contributed by atoms with Gasteiger partial charge in [-0.2, -0.15) is 0 Å². The minimum absolute atomic E-state index is 0.0496. The highest BCUT2D eigenvalue weighted by Gasteiger charge is 2.49. The number of esters is 2. The molecule has 0 bridgehead atoms. The summed E-state index contributed by atoms with van der Waals surface area (Å²) < 4.78 is 9.18. The first-order chi connectivity index (χ1) is 10.4. The number of carbonyl (C=O) groups is 4. The number of methoxy groups -OCH3 is 2. The van der Waals surface area contributed by atoms with Crippen LogP contribution in [0.5, 0.6) is 0 Å². The number of allylic oxidation sites excluding steroid dienone is 1. The van der Waals surface area contributed by atoms with Gasteiger partial charge in [0.25, 0.3) is 0 Å². The molecule has 0 heterocycles. The molecule has 0 unspecified atom stereocenters. The summed E-state index contributed by atoms with van der Waals surface area (Å²) in [7, 11) is 2.36. The van der Waals surface area contributed by atoms with E-state index in [-0.39, 0.29) is 37.2 Å². The van der Waals surface area contributed by atoms with Gasteiger partial charge in [-0.05, 0) is 25.7 Å². The van der Waals surface area contributed by atoms with Gasteiger partial charge in [-0.1, -0.05) is 6.08 Å². The van der Waals surface area contributed by atoms with Crippen LogP contribution in [0.3, 0.4) is 0 Å². The number of Topliss-reactive ketones (excluding diaryl/α,β-unsaturated/α-hetero) is 2. The highest BCUT2D eigenvalue weighted by Crippen LogP contribution is 2.41. The maximum atomic E-state index is 12.2. The molecule has 6 nitrogen and oxygen atoms in total. The first kappa shape index (κ1) is 18.1. The highest BCUT2D eigenvalue weighted by molar-refractivity contribution is 6.12. The second kappa shape index (κ2) is 7.87. The predicted molar refractivity (Wildman–Crippen MR) is 77.9 cm³/mol. The molecule has 1 aliphatic carbocycles. The van der Waals surface area contributed by atoms with Crippen molar-refractivity contribution < 1.29 is 28.7 Å². The fraction of sp³-hybridized carbons (Fsp3) is 0.625. The average Bonchev–Trinajstić information content (AvgIpc) is 2.80. The third-order valence-corrected chi connectivity index (χ3v) is 4.25. The van der Waals surface area contributed by atoms with Gasteiger partial charge in [0.15, 0.2) is 5.92 Å². The lowest BCUT2D eigenvalue weighted by atomic mass is 9.74. The van der Waals surface area contributed by atoms with E-state index in [0.29, 0.717) is 12.8 Å². The summed E-state index contributed by atoms with van der Waals surface area (Å²) in [5, 5.41) is 0. The van der Waals surface area contributed by atoms with E-state index < -0.39 is 23.3 Å². The number of ether oxygens (including phenoxy) is 2. The maximum Gasteiger partial charge on any atom is 0.320 e. The largest absolute Gasteiger partial charge is 0.468 e. The zero-order valence-electron chi connectivity index (χ0n) is 13.1. The SMILES string of the molecule is C=CCCC1(CCC(C(=O)OC)C(=O)OC)C(=O)CCC1=O. The van der Waals surface area contributed by atoms with E-state index in [4.69, 9.17) is 0 Å². The molecule has 0 N–H and O–H groups in total. The number of hydrogen-bond acceptors (Lipinski definition) is 6. The minimum atomic E-state index is -1.11. The third-order valence-electron chi connectivity index (χ3n) is 4.25. The Balaban J connectivity index is 2.92. The molecule has 0 radical (unpaired) electrons. The van der Waals surface area contributed by atoms with Crippen molar-refractivity contribution in [1.82, 2.24) is 0 Å². The summed E-state index contributed by atoms with van der Waals surface area (Å²) in [6.07, 6.45) is 3.18. The van der Waals surface area contributed by atoms with Crippen LogP contribution in [0.15, 0.2) is 12.7 Å². The number of carbonyl (C=O) groups excluding carboxylic acids is 4. The molecule has 122 valence electrons. The Morgan fingerprint density at radius 1 is 1.14 bits per heavy atom. The lowest BCUT2D eigenvalue weighted by Gasteiger charge is -2.26. The molecule has 6 heteroatoms. The fourth-order valence-corrected chi connectivity index (χ4v) is 2.90. The Morgan fingerprint density at radius 3 is 2.05 bits per heavy atom. The van der Waals surface area contributed by atoms with Gasteiger partial charge < -0.3 is 9.47 Å². The van der Waals surface area contributed by atoms with Crippen LogP contribution in [0.1, 0.15) is 38.5 Å². The van der Waals surface area contributed by atoms with Crippen molar-refractivity contribution in [3.05, 3.63) is 12.7 Å². The highest BCUT2D eigenvalue weighted by atomic mass is 16.5. The number of ketones is 2. The van der Waals surface area contributed by atoms with Gasteiger partial charge in [0.2, 0.25) is 0 Å². The number of rotatable bonds is 8. The van der Waals surface area contributed by atoms with E-state index in [9.17, 15) is 19.2 Å². The van der Waals surface area contributed by atoms with Crippen LogP contribution < -0.4 is 0 Å². The Labute approximate surface area is 129 Å². The standard InChI is InChI=1S/C16H22O6/c1-4-5-9-16(12(17)6-7-13(16)18)10-8-11(14(19)21-2)15(20)22-3/h4,11H,1,5-10H2,2-3H3. The summed E-state index contributed by atoms with van der Waals surface area (Å²) >= 11 is 0. The molecular formula is C16H22O6. The van der Waals surface area contributed by atoms with E-state index >= 15 is 0 Å². The molecule has 1 saturated carbocycles. The van der Waals surface area contributed by atoms with Gasteiger partial charge in [0.1, 0.15) is 11.6 Å². The molecular weight excluding hydrogens is 288 g/mol. The zero-order chi connectivity index (χ0) is 16.8. The van der Waals surface area contributed by atoms with Gasteiger partial charge in [-0.15, -0.1) is 6.58 Å². The van der Waals surface area contributed by atoms with Crippen molar-refractivity contribution in [2.75, 3.05) is 14.2 Å². The van der Waals surface area contributed by atoms with Crippen molar-refractivity contribution in [1.29, 1.82) is 0 Å². The van der Waals surface area contributed by atoms with Gasteiger partial charge in [-0.25, -0.2) is 0 Å². The van der Waals surface area contributed by atoms with Crippen molar-refractivity contribution in [2.45, 2.75) is 38.5 Å². The van der Waals surface area contributed by atoms with Gasteiger partial charge >= 0.3 is 11.9 Å². The van der Waals surface area contributed by atoms with E-state index in [1.165, 1.54) is 14.2 Å². The van der Waals surface area contributed by atoms with Crippen LogP contribution in [0, 0.1) is 11.3 Å². The first-order valence-electron chi connectivity index (χ1n) is 7.26. The molecule has 1 aliphatic rings. The van der Waals surface area contributed by atoms with Crippen LogP contribution in [0.2, 0.25) is 0 Å². The zero-order valence-corrected chi connectivity index (χ0v) is 13.1. The maximum absolute atomic E-state index is 12.2. The molecule has 0 aliphatic heterocycles. The molecule has 0 aromatic heterocycles. The second-order valence-electron chi connectivity index (χ2n) is 5.39. The van der Waals surface area contributed by atoms with E-state index in [0.717, 1.165) is 0 Å². The third kappa shape index (κ3) is 3.61. The van der Waals surface area contributed by atoms with Gasteiger partial charge in [0, 0.05) is 12.8 Å². The minimum Gasteiger partial charge on any atom is -0.468 e. The lowest BCUT2D eigenvalue weighted by Crippen LogP contribution is -2.35. The van der Waals surface area contributed by atoms with Crippen LogP contribution >= 0.6 is 0 Å². The molecule has 1 fully saturated rings. The summed E-state index contributed by atoms with van der Waals surface area (Å²) in [4.78, 5) is 47.8. The molecule has 0 aromatic carbocycles. The molecule has 0 atom stereocenters. The molecule has 0 spiro atoms. The van der Waals surface area contributed by atoms with Crippen LogP contribution in [0.25, 0.3) is 0 Å². The monoisotopic (exact) mass is 310 g/mol. The van der Waals surface area contributed by atoms with Crippen LogP contribution in [-0.4, -0.2) is 37.7 Å². The lowest BCUT2D eigenvalue weighted by molar-refractivity contribution is -0.160. The van der Waals surface area contributed by atoms with E-state index in [2.05, 4.69) is 16.1 Å². The van der Waals surface area contributed by atoms with E-state index in [1.54, 1.807) is 6.08 Å². The first-order valence-corrected chi connectivity index (χ1v) is 7.26. The summed E-state index contributed by atoms with van der Waals surface area (Å²) in [6, 6.07) is 0. The number of hydrogen-bond donors (Lipinski definition) is 0. The fourth-order valence-electron chi connectivity index (χ4n) is 2.90. The van der Waals surface area contributed by atoms with Crippen molar-refractivity contribution in [3.63, 3.8) is 0 Å².